The molecule has 2 aromatic rings. The molecule has 0 saturated carbocycles. The zero-order valence-corrected chi connectivity index (χ0v) is 10.3. The van der Waals surface area contributed by atoms with Crippen LogP contribution in [0, 0.1) is 18.6 Å². The van der Waals surface area contributed by atoms with E-state index in [1.165, 1.54) is 18.3 Å². The fourth-order valence-electron chi connectivity index (χ4n) is 1.64. The van der Waals surface area contributed by atoms with Crippen LogP contribution in [0.15, 0.2) is 36.7 Å². The molecule has 0 saturated heterocycles. The SMILES string of the molecule is Cc1cncc(C(=O)NCc2cccc(F)c2F)c1. The lowest BCUT2D eigenvalue weighted by Gasteiger charge is -2.07. The molecular formula is C14H12F2N2O. The van der Waals surface area contributed by atoms with Crippen molar-refractivity contribution in [2.75, 3.05) is 0 Å². The molecule has 0 atom stereocenters. The van der Waals surface area contributed by atoms with Gasteiger partial charge < -0.3 is 5.32 Å². The highest BCUT2D eigenvalue weighted by Gasteiger charge is 2.10. The molecule has 0 aliphatic carbocycles. The van der Waals surface area contributed by atoms with Gasteiger partial charge in [0.15, 0.2) is 11.6 Å². The monoisotopic (exact) mass is 262 g/mol. The van der Waals surface area contributed by atoms with E-state index in [2.05, 4.69) is 10.3 Å². The number of benzene rings is 1. The molecule has 0 radical (unpaired) electrons. The van der Waals surface area contributed by atoms with Crippen LogP contribution >= 0.6 is 0 Å². The van der Waals surface area contributed by atoms with Gasteiger partial charge in [-0.1, -0.05) is 12.1 Å². The number of nitrogens with zero attached hydrogens (tertiary/aromatic N) is 1. The second-order valence-electron chi connectivity index (χ2n) is 4.15. The summed E-state index contributed by atoms with van der Waals surface area (Å²) >= 11 is 0. The Hall–Kier alpha value is -2.30. The van der Waals surface area contributed by atoms with E-state index >= 15 is 0 Å². The van der Waals surface area contributed by atoms with E-state index in [0.717, 1.165) is 11.6 Å². The lowest BCUT2D eigenvalue weighted by Crippen LogP contribution is -2.23. The molecule has 1 aromatic heterocycles. The van der Waals surface area contributed by atoms with E-state index in [9.17, 15) is 13.6 Å². The Balaban J connectivity index is 2.07. The summed E-state index contributed by atoms with van der Waals surface area (Å²) in [5.74, 6) is -2.24. The average molecular weight is 262 g/mol. The van der Waals surface area contributed by atoms with Gasteiger partial charge in [0.1, 0.15) is 0 Å². The maximum absolute atomic E-state index is 13.4. The summed E-state index contributed by atoms with van der Waals surface area (Å²) in [6.45, 7) is 1.74. The van der Waals surface area contributed by atoms with Crippen molar-refractivity contribution in [2.24, 2.45) is 0 Å². The summed E-state index contributed by atoms with van der Waals surface area (Å²) < 4.78 is 26.4. The predicted octanol–water partition coefficient (Wildman–Crippen LogP) is 2.60. The van der Waals surface area contributed by atoms with Crippen LogP contribution in [0.5, 0.6) is 0 Å². The van der Waals surface area contributed by atoms with Crippen LogP contribution in [-0.4, -0.2) is 10.9 Å². The Bertz CT molecular complexity index is 614. The van der Waals surface area contributed by atoms with E-state index in [0.29, 0.717) is 5.56 Å². The summed E-state index contributed by atoms with van der Waals surface area (Å²) in [6.07, 6.45) is 3.05. The molecule has 98 valence electrons. The van der Waals surface area contributed by atoms with Gasteiger partial charge in [0.2, 0.25) is 0 Å². The molecule has 1 heterocycles. The first kappa shape index (κ1) is 13.1. The van der Waals surface area contributed by atoms with Gasteiger partial charge in [0.25, 0.3) is 5.91 Å². The molecule has 0 fully saturated rings. The van der Waals surface area contributed by atoms with Crippen molar-refractivity contribution in [1.82, 2.24) is 10.3 Å². The predicted molar refractivity (Wildman–Crippen MR) is 66.5 cm³/mol. The van der Waals surface area contributed by atoms with Crippen LogP contribution in [0.3, 0.4) is 0 Å². The molecule has 3 nitrogen and oxygen atoms in total. The van der Waals surface area contributed by atoms with Crippen LogP contribution in [0.1, 0.15) is 21.5 Å². The molecule has 0 aliphatic heterocycles. The Morgan fingerprint density at radius 2 is 2.11 bits per heavy atom. The molecule has 1 N–H and O–H groups in total. The van der Waals surface area contributed by atoms with Gasteiger partial charge in [-0.2, -0.15) is 0 Å². The molecule has 0 spiro atoms. The number of carbonyl (C=O) groups excluding carboxylic acids is 1. The summed E-state index contributed by atoms with van der Waals surface area (Å²) in [4.78, 5) is 15.7. The van der Waals surface area contributed by atoms with Crippen LogP contribution in [0.2, 0.25) is 0 Å². The van der Waals surface area contributed by atoms with Gasteiger partial charge in [-0.15, -0.1) is 0 Å². The first-order valence-corrected chi connectivity index (χ1v) is 5.70. The summed E-state index contributed by atoms with van der Waals surface area (Å²) in [5.41, 5.74) is 1.34. The van der Waals surface area contributed by atoms with E-state index in [4.69, 9.17) is 0 Å². The van der Waals surface area contributed by atoms with Gasteiger partial charge in [-0.05, 0) is 24.6 Å². The molecule has 0 aliphatic rings. The number of pyridine rings is 1. The fraction of sp³-hybridized carbons (Fsp3) is 0.143. The Kier molecular flexibility index (Phi) is 3.85. The van der Waals surface area contributed by atoms with Gasteiger partial charge in [0, 0.05) is 24.5 Å². The zero-order valence-electron chi connectivity index (χ0n) is 10.3. The maximum atomic E-state index is 13.4. The van der Waals surface area contributed by atoms with Gasteiger partial charge in [0.05, 0.1) is 5.56 Å². The third-order valence-electron chi connectivity index (χ3n) is 2.61. The van der Waals surface area contributed by atoms with E-state index in [-0.39, 0.29) is 18.0 Å². The minimum absolute atomic E-state index is 0.0730. The molecule has 19 heavy (non-hydrogen) atoms. The lowest BCUT2D eigenvalue weighted by atomic mass is 10.2. The number of rotatable bonds is 3. The minimum atomic E-state index is -0.940. The molecule has 0 unspecified atom stereocenters. The summed E-state index contributed by atoms with van der Waals surface area (Å²) in [7, 11) is 0. The van der Waals surface area contributed by atoms with Crippen molar-refractivity contribution in [2.45, 2.75) is 13.5 Å². The van der Waals surface area contributed by atoms with Gasteiger partial charge in [-0.3, -0.25) is 9.78 Å². The summed E-state index contributed by atoms with van der Waals surface area (Å²) in [6, 6.07) is 5.52. The third kappa shape index (κ3) is 3.13. The zero-order chi connectivity index (χ0) is 13.8. The van der Waals surface area contributed by atoms with Crippen molar-refractivity contribution in [1.29, 1.82) is 0 Å². The summed E-state index contributed by atoms with van der Waals surface area (Å²) in [5, 5.41) is 2.52. The van der Waals surface area contributed by atoms with Crippen molar-refractivity contribution in [3.05, 3.63) is 65.0 Å². The number of hydrogen-bond acceptors (Lipinski definition) is 2. The normalized spacial score (nSPS) is 10.3. The highest BCUT2D eigenvalue weighted by molar-refractivity contribution is 5.93. The standard InChI is InChI=1S/C14H12F2N2O/c1-9-5-11(7-17-6-9)14(19)18-8-10-3-2-4-12(15)13(10)16/h2-7H,8H2,1H3,(H,18,19). The third-order valence-corrected chi connectivity index (χ3v) is 2.61. The van der Waals surface area contributed by atoms with Crippen LogP contribution in [0.4, 0.5) is 8.78 Å². The number of hydrogen-bond donors (Lipinski definition) is 1. The molecule has 1 aromatic carbocycles. The lowest BCUT2D eigenvalue weighted by molar-refractivity contribution is 0.0950. The van der Waals surface area contributed by atoms with E-state index in [1.54, 1.807) is 12.3 Å². The van der Waals surface area contributed by atoms with Crippen LogP contribution in [0.25, 0.3) is 0 Å². The smallest absolute Gasteiger partial charge is 0.253 e. The highest BCUT2D eigenvalue weighted by Crippen LogP contribution is 2.11. The first-order chi connectivity index (χ1) is 9.08. The number of aromatic nitrogens is 1. The van der Waals surface area contributed by atoms with Gasteiger partial charge in [-0.25, -0.2) is 8.78 Å². The van der Waals surface area contributed by atoms with E-state index in [1.807, 2.05) is 6.92 Å². The van der Waals surface area contributed by atoms with Crippen molar-refractivity contribution in [3.8, 4) is 0 Å². The number of aryl methyl sites for hydroxylation is 1. The van der Waals surface area contributed by atoms with E-state index < -0.39 is 11.6 Å². The Morgan fingerprint density at radius 1 is 1.32 bits per heavy atom. The molecule has 5 heteroatoms. The second kappa shape index (κ2) is 5.56. The van der Waals surface area contributed by atoms with Crippen molar-refractivity contribution < 1.29 is 13.6 Å². The number of nitrogens with one attached hydrogen (secondary N) is 1. The highest BCUT2D eigenvalue weighted by atomic mass is 19.2. The maximum Gasteiger partial charge on any atom is 0.253 e. The van der Waals surface area contributed by atoms with Crippen molar-refractivity contribution >= 4 is 5.91 Å². The molecule has 1 amide bonds. The Labute approximate surface area is 109 Å². The molecular weight excluding hydrogens is 250 g/mol. The largest absolute Gasteiger partial charge is 0.348 e. The number of carbonyl (C=O) groups is 1. The average Bonchev–Trinajstić information content (AvgIpc) is 2.40. The topological polar surface area (TPSA) is 42.0 Å². The first-order valence-electron chi connectivity index (χ1n) is 5.70. The molecule has 2 rings (SSSR count). The quantitative estimate of drug-likeness (QED) is 0.923. The van der Waals surface area contributed by atoms with Crippen LogP contribution in [-0.2, 0) is 6.54 Å². The fourth-order valence-corrected chi connectivity index (χ4v) is 1.64. The number of halogens is 2. The molecule has 0 bridgehead atoms. The van der Waals surface area contributed by atoms with Crippen LogP contribution < -0.4 is 5.32 Å². The number of amides is 1. The minimum Gasteiger partial charge on any atom is -0.348 e. The van der Waals surface area contributed by atoms with Gasteiger partial charge >= 0.3 is 0 Å². The second-order valence-corrected chi connectivity index (χ2v) is 4.15. The van der Waals surface area contributed by atoms with Crippen molar-refractivity contribution in [3.63, 3.8) is 0 Å². The Morgan fingerprint density at radius 3 is 2.84 bits per heavy atom.